The molecular weight excluding hydrogens is 508 g/mol. The summed E-state index contributed by atoms with van der Waals surface area (Å²) in [4.78, 5) is 27.7. The van der Waals surface area contributed by atoms with Crippen LogP contribution in [0.1, 0.15) is 44.0 Å². The molecule has 2 N–H and O–H groups in total. The van der Waals surface area contributed by atoms with Crippen molar-refractivity contribution in [3.8, 4) is 17.2 Å². The van der Waals surface area contributed by atoms with E-state index >= 15 is 0 Å². The van der Waals surface area contributed by atoms with E-state index in [9.17, 15) is 19.8 Å². The van der Waals surface area contributed by atoms with Gasteiger partial charge in [0, 0.05) is 37.0 Å². The first-order valence-corrected chi connectivity index (χ1v) is 12.0. The number of carbonyl (C=O) groups excluding carboxylic acids is 2. The van der Waals surface area contributed by atoms with Crippen LogP contribution in [0.3, 0.4) is 0 Å². The van der Waals surface area contributed by atoms with Crippen molar-refractivity contribution >= 4 is 27.5 Å². The number of aliphatic hydroxyl groups is 1. The van der Waals surface area contributed by atoms with Gasteiger partial charge in [0.15, 0.2) is 29.6 Å². The number of methoxy groups -OCH3 is 1. The van der Waals surface area contributed by atoms with E-state index in [4.69, 9.17) is 18.9 Å². The van der Waals surface area contributed by atoms with Crippen molar-refractivity contribution in [3.63, 3.8) is 0 Å². The molecule has 1 saturated heterocycles. The van der Waals surface area contributed by atoms with Crippen molar-refractivity contribution < 1.29 is 38.7 Å². The van der Waals surface area contributed by atoms with Crippen molar-refractivity contribution in [2.45, 2.75) is 50.4 Å². The van der Waals surface area contributed by atoms with Crippen molar-refractivity contribution in [2.75, 3.05) is 20.5 Å². The summed E-state index contributed by atoms with van der Waals surface area (Å²) in [7, 11) is 1.47. The molecule has 5 aliphatic rings. The fourth-order valence-electron chi connectivity index (χ4n) is 6.15. The van der Waals surface area contributed by atoms with E-state index in [1.807, 2.05) is 13.8 Å². The summed E-state index contributed by atoms with van der Waals surface area (Å²) in [6.45, 7) is 5.37. The highest BCUT2D eigenvalue weighted by Crippen LogP contribution is 2.68. The summed E-state index contributed by atoms with van der Waals surface area (Å²) >= 11 is 3.30. The normalized spacial score (nSPS) is 32.8. The number of carbonyl (C=O) groups is 2. The minimum atomic E-state index is -1.44. The number of rotatable bonds is 6. The van der Waals surface area contributed by atoms with Gasteiger partial charge in [-0.25, -0.2) is 0 Å². The molecule has 2 fully saturated rings. The van der Waals surface area contributed by atoms with Crippen LogP contribution in [0.2, 0.25) is 0 Å². The lowest BCUT2D eigenvalue weighted by Gasteiger charge is -2.56. The van der Waals surface area contributed by atoms with Gasteiger partial charge in [-0.3, -0.25) is 9.59 Å². The maximum Gasteiger partial charge on any atom is 0.200 e. The second-order valence-electron chi connectivity index (χ2n) is 9.91. The van der Waals surface area contributed by atoms with Gasteiger partial charge >= 0.3 is 0 Å². The molecule has 6 rings (SSSR count). The second-order valence-corrected chi connectivity index (χ2v) is 10.7. The highest BCUT2D eigenvalue weighted by molar-refractivity contribution is 9.10. The maximum absolute atomic E-state index is 13.9. The molecule has 9 heteroatoms. The van der Waals surface area contributed by atoms with E-state index in [1.165, 1.54) is 13.2 Å². The first-order valence-electron chi connectivity index (χ1n) is 11.2. The average Bonchev–Trinajstić information content (AvgIpc) is 2.96. The Morgan fingerprint density at radius 3 is 2.76 bits per heavy atom. The zero-order valence-electron chi connectivity index (χ0n) is 19.4. The molecule has 1 aromatic rings. The molecule has 3 aliphatic carbocycles. The number of ketones is 2. The fourth-order valence-corrected chi connectivity index (χ4v) is 6.57. The van der Waals surface area contributed by atoms with Crippen LogP contribution in [0, 0.1) is 11.8 Å². The predicted molar refractivity (Wildman–Crippen MR) is 124 cm³/mol. The SMILES string of the molecule is COCOc1cc2c(c(O)c1Br)C(=O)C1=CC3CC4C(C)(C)OC(C/C=C(\C)CO)(C3=O)C14O2. The van der Waals surface area contributed by atoms with Crippen LogP contribution in [-0.2, 0) is 14.3 Å². The van der Waals surface area contributed by atoms with Crippen molar-refractivity contribution in [3.05, 3.63) is 39.4 Å². The van der Waals surface area contributed by atoms with Crippen LogP contribution in [0.4, 0.5) is 0 Å². The Bertz CT molecular complexity index is 1170. The minimum absolute atomic E-state index is 0.0166. The van der Waals surface area contributed by atoms with Crippen molar-refractivity contribution in [1.82, 2.24) is 0 Å². The summed E-state index contributed by atoms with van der Waals surface area (Å²) in [5.74, 6) is -1.23. The van der Waals surface area contributed by atoms with E-state index in [1.54, 1.807) is 19.1 Å². The number of Topliss-reactive ketones (excluding diaryl/α,β-unsaturated/α-hetero) is 2. The molecule has 34 heavy (non-hydrogen) atoms. The highest BCUT2D eigenvalue weighted by Gasteiger charge is 2.81. The quantitative estimate of drug-likeness (QED) is 0.421. The third-order valence-corrected chi connectivity index (χ3v) is 8.36. The van der Waals surface area contributed by atoms with Crippen LogP contribution < -0.4 is 9.47 Å². The number of phenols is 1. The van der Waals surface area contributed by atoms with Crippen molar-refractivity contribution in [2.24, 2.45) is 11.8 Å². The Morgan fingerprint density at radius 1 is 1.35 bits per heavy atom. The van der Waals surface area contributed by atoms with Gasteiger partial charge in [-0.2, -0.15) is 0 Å². The molecule has 1 spiro atoms. The molecule has 182 valence electrons. The lowest BCUT2D eigenvalue weighted by molar-refractivity contribution is -0.171. The molecule has 4 bridgehead atoms. The molecule has 1 aromatic carbocycles. The van der Waals surface area contributed by atoms with E-state index in [-0.39, 0.29) is 58.8 Å². The molecule has 0 aromatic heterocycles. The van der Waals surface area contributed by atoms with Crippen LogP contribution in [-0.4, -0.2) is 59.1 Å². The van der Waals surface area contributed by atoms with E-state index in [2.05, 4.69) is 15.9 Å². The molecule has 0 amide bonds. The summed E-state index contributed by atoms with van der Waals surface area (Å²) in [5.41, 5.74) is -2.51. The number of benzene rings is 1. The summed E-state index contributed by atoms with van der Waals surface area (Å²) in [6.07, 6.45) is 4.12. The number of aliphatic hydroxyl groups excluding tert-OH is 1. The van der Waals surface area contributed by atoms with Crippen LogP contribution in [0.25, 0.3) is 0 Å². The zero-order chi connectivity index (χ0) is 24.6. The Balaban J connectivity index is 1.75. The molecule has 0 radical (unpaired) electrons. The number of hydrogen-bond donors (Lipinski definition) is 2. The van der Waals surface area contributed by atoms with Crippen LogP contribution in [0.15, 0.2) is 33.8 Å². The second kappa shape index (κ2) is 7.65. The van der Waals surface area contributed by atoms with Crippen molar-refractivity contribution in [1.29, 1.82) is 0 Å². The van der Waals surface area contributed by atoms with E-state index in [0.717, 1.165) is 0 Å². The maximum atomic E-state index is 13.9. The largest absolute Gasteiger partial charge is 0.506 e. The highest BCUT2D eigenvalue weighted by atomic mass is 79.9. The number of ether oxygens (including phenoxy) is 4. The molecule has 2 aliphatic heterocycles. The Morgan fingerprint density at radius 2 is 2.09 bits per heavy atom. The molecule has 4 unspecified atom stereocenters. The number of hydrogen-bond acceptors (Lipinski definition) is 8. The topological polar surface area (TPSA) is 112 Å². The molecule has 1 saturated carbocycles. The Hall–Kier alpha value is -2.20. The predicted octanol–water partition coefficient (Wildman–Crippen LogP) is 3.47. The Labute approximate surface area is 205 Å². The Kier molecular flexibility index (Phi) is 5.29. The van der Waals surface area contributed by atoms with Gasteiger partial charge in [-0.15, -0.1) is 0 Å². The van der Waals surface area contributed by atoms with Crippen LogP contribution >= 0.6 is 15.9 Å². The number of fused-ring (bicyclic) bond motifs is 1. The van der Waals surface area contributed by atoms with Gasteiger partial charge < -0.3 is 29.2 Å². The summed E-state index contributed by atoms with van der Waals surface area (Å²) in [6, 6.07) is 1.53. The average molecular weight is 535 g/mol. The minimum Gasteiger partial charge on any atom is -0.506 e. The number of aromatic hydroxyl groups is 1. The van der Waals surface area contributed by atoms with Crippen LogP contribution in [0.5, 0.6) is 17.2 Å². The smallest absolute Gasteiger partial charge is 0.200 e. The summed E-state index contributed by atoms with van der Waals surface area (Å²) < 4.78 is 24.0. The molecule has 2 heterocycles. The van der Waals surface area contributed by atoms with E-state index < -0.39 is 28.5 Å². The van der Waals surface area contributed by atoms with Gasteiger partial charge in [0.2, 0.25) is 0 Å². The number of phenolic OH excluding ortho intramolecular Hbond substituents is 1. The monoisotopic (exact) mass is 534 g/mol. The molecule has 4 atom stereocenters. The molecule has 8 nitrogen and oxygen atoms in total. The zero-order valence-corrected chi connectivity index (χ0v) is 21.0. The lowest BCUT2D eigenvalue weighted by Crippen LogP contribution is -2.72. The number of halogens is 1. The van der Waals surface area contributed by atoms with Gasteiger partial charge in [0.1, 0.15) is 27.3 Å². The van der Waals surface area contributed by atoms with Gasteiger partial charge in [0.05, 0.1) is 12.2 Å². The van der Waals surface area contributed by atoms with Gasteiger partial charge in [-0.05, 0) is 43.1 Å². The third-order valence-electron chi connectivity index (χ3n) is 7.59. The third kappa shape index (κ3) is 2.81. The van der Waals surface area contributed by atoms with Gasteiger partial charge in [-0.1, -0.05) is 17.7 Å². The lowest BCUT2D eigenvalue weighted by atomic mass is 9.51. The fraction of sp³-hybridized carbons (Fsp3) is 0.520. The van der Waals surface area contributed by atoms with Gasteiger partial charge in [0.25, 0.3) is 0 Å². The number of allylic oxidation sites excluding steroid dienone is 1. The standard InChI is InChI=1S/C25H27BrO8/c1-12(10-27)5-6-24-22(30)13-7-14-20(28)18-15(9-16(32-11-31-4)19(26)21(18)29)33-25(14,24)17(8-13)23(2,3)34-24/h5,7,9,13,17,27,29H,6,8,10-11H2,1-4H3/b12-5+. The summed E-state index contributed by atoms with van der Waals surface area (Å²) in [5, 5.41) is 20.4. The first kappa shape index (κ1) is 23.5. The van der Waals surface area contributed by atoms with E-state index in [0.29, 0.717) is 17.6 Å². The molecular formula is C25H27BrO8. The first-order chi connectivity index (χ1) is 16.0.